The highest BCUT2D eigenvalue weighted by Gasteiger charge is 2.58. The molecule has 3 rings (SSSR count). The summed E-state index contributed by atoms with van der Waals surface area (Å²) >= 11 is 5.82. The normalized spacial score (nSPS) is 18.3. The molecular weight excluding hydrogens is 471 g/mol. The summed E-state index contributed by atoms with van der Waals surface area (Å²) in [5.74, 6) is -1.50. The second-order valence-electron chi connectivity index (χ2n) is 7.88. The molecule has 0 bridgehead atoms. The Hall–Kier alpha value is -2.11. The van der Waals surface area contributed by atoms with E-state index in [-0.39, 0.29) is 17.7 Å². The topological polar surface area (TPSA) is 101 Å². The molecule has 0 aliphatic heterocycles. The standard InChI is InChI=1S/C20H23ClF3N3O4S/c1-27-13-12-25-16(27)19(29,20(22,23)24)10-11-26-17(28)18(8-2-3-9-18)32(30,31)15-6-4-14(21)5-7-15/h4-7,12-13,29H,2-3,8-11H2,1H3,(H,26,28). The molecule has 7 nitrogen and oxygen atoms in total. The number of aliphatic hydroxyl groups is 1. The first-order chi connectivity index (χ1) is 14.8. The van der Waals surface area contributed by atoms with Crippen LogP contribution in [0, 0.1) is 0 Å². The van der Waals surface area contributed by atoms with Gasteiger partial charge in [-0.05, 0) is 37.1 Å². The van der Waals surface area contributed by atoms with Gasteiger partial charge in [-0.25, -0.2) is 13.4 Å². The average molecular weight is 494 g/mol. The molecule has 1 aromatic carbocycles. The summed E-state index contributed by atoms with van der Waals surface area (Å²) in [7, 11) is -2.82. The number of sulfone groups is 1. The molecule has 0 saturated heterocycles. The average Bonchev–Trinajstić information content (AvgIpc) is 3.37. The fourth-order valence-electron chi connectivity index (χ4n) is 4.07. The van der Waals surface area contributed by atoms with Gasteiger partial charge >= 0.3 is 6.18 Å². The molecule has 2 N–H and O–H groups in total. The second-order valence-corrected chi connectivity index (χ2v) is 10.6. The number of rotatable bonds is 7. The van der Waals surface area contributed by atoms with Crippen LogP contribution in [0.4, 0.5) is 13.2 Å². The maximum absolute atomic E-state index is 13.7. The van der Waals surface area contributed by atoms with E-state index in [0.29, 0.717) is 17.9 Å². The van der Waals surface area contributed by atoms with E-state index in [0.717, 1.165) is 10.8 Å². The van der Waals surface area contributed by atoms with Crippen LogP contribution < -0.4 is 5.32 Å². The molecule has 1 heterocycles. The predicted molar refractivity (Wildman–Crippen MR) is 111 cm³/mol. The number of nitrogens with one attached hydrogen (secondary N) is 1. The van der Waals surface area contributed by atoms with E-state index in [1.54, 1.807) is 0 Å². The molecule has 2 aromatic rings. The summed E-state index contributed by atoms with van der Waals surface area (Å²) in [4.78, 5) is 16.6. The zero-order chi connectivity index (χ0) is 23.8. The second kappa shape index (κ2) is 8.68. The third-order valence-electron chi connectivity index (χ3n) is 5.90. The van der Waals surface area contributed by atoms with Crippen molar-refractivity contribution < 1.29 is 31.5 Å². The Bertz CT molecular complexity index is 1080. The summed E-state index contributed by atoms with van der Waals surface area (Å²) in [6.07, 6.45) is -2.53. The molecule has 0 spiro atoms. The molecule has 1 aliphatic rings. The third-order valence-corrected chi connectivity index (χ3v) is 8.66. The van der Waals surface area contributed by atoms with Crippen LogP contribution in [0.2, 0.25) is 5.02 Å². The summed E-state index contributed by atoms with van der Waals surface area (Å²) < 4.78 is 66.9. The fraction of sp³-hybridized carbons (Fsp3) is 0.500. The number of aryl methyl sites for hydroxylation is 1. The number of imidazole rings is 1. The molecule has 1 fully saturated rings. The van der Waals surface area contributed by atoms with E-state index in [4.69, 9.17) is 11.6 Å². The van der Waals surface area contributed by atoms with Gasteiger partial charge in [0.05, 0.1) is 4.90 Å². The summed E-state index contributed by atoms with van der Waals surface area (Å²) in [5, 5.41) is 13.1. The summed E-state index contributed by atoms with van der Waals surface area (Å²) in [6.45, 7) is -0.598. The predicted octanol–water partition coefficient (Wildman–Crippen LogP) is 3.12. The van der Waals surface area contributed by atoms with E-state index in [1.165, 1.54) is 37.5 Å². The minimum absolute atomic E-state index is 0.0483. The number of carbonyl (C=O) groups is 1. The number of hydrogen-bond donors (Lipinski definition) is 2. The Morgan fingerprint density at radius 3 is 2.34 bits per heavy atom. The number of benzene rings is 1. The Morgan fingerprint density at radius 2 is 1.84 bits per heavy atom. The lowest BCUT2D eigenvalue weighted by molar-refractivity contribution is -0.272. The van der Waals surface area contributed by atoms with Crippen molar-refractivity contribution in [1.29, 1.82) is 0 Å². The van der Waals surface area contributed by atoms with E-state index in [2.05, 4.69) is 10.3 Å². The van der Waals surface area contributed by atoms with Gasteiger partial charge in [-0.2, -0.15) is 13.2 Å². The number of hydrogen-bond acceptors (Lipinski definition) is 5. The zero-order valence-corrected chi connectivity index (χ0v) is 18.8. The number of alkyl halides is 3. The van der Waals surface area contributed by atoms with Crippen LogP contribution >= 0.6 is 11.6 Å². The number of aromatic nitrogens is 2. The van der Waals surface area contributed by atoms with Gasteiger partial charge in [-0.15, -0.1) is 0 Å². The lowest BCUT2D eigenvalue weighted by Crippen LogP contribution is -2.52. The van der Waals surface area contributed by atoms with Crippen molar-refractivity contribution in [2.24, 2.45) is 7.05 Å². The van der Waals surface area contributed by atoms with Crippen molar-refractivity contribution in [3.8, 4) is 0 Å². The van der Waals surface area contributed by atoms with Crippen molar-refractivity contribution in [2.45, 2.75) is 53.5 Å². The van der Waals surface area contributed by atoms with Crippen molar-refractivity contribution in [3.05, 3.63) is 47.5 Å². The largest absolute Gasteiger partial charge is 0.424 e. The van der Waals surface area contributed by atoms with Crippen LogP contribution in [-0.4, -0.2) is 46.5 Å². The Kier molecular flexibility index (Phi) is 6.65. The number of nitrogens with zero attached hydrogens (tertiary/aromatic N) is 2. The number of amides is 1. The molecule has 1 amide bonds. The fourth-order valence-corrected chi connectivity index (χ4v) is 6.28. The molecule has 1 aromatic heterocycles. The first-order valence-electron chi connectivity index (χ1n) is 9.90. The third kappa shape index (κ3) is 4.13. The number of carbonyl (C=O) groups excluding carboxylic acids is 1. The maximum Gasteiger partial charge on any atom is 0.424 e. The van der Waals surface area contributed by atoms with Gasteiger partial charge in [0.1, 0.15) is 5.82 Å². The quantitative estimate of drug-likeness (QED) is 0.617. The van der Waals surface area contributed by atoms with Crippen LogP contribution in [0.3, 0.4) is 0 Å². The van der Waals surface area contributed by atoms with Gasteiger partial charge in [0.2, 0.25) is 11.5 Å². The molecule has 1 saturated carbocycles. The van der Waals surface area contributed by atoms with Crippen LogP contribution in [0.15, 0.2) is 41.6 Å². The first kappa shape index (κ1) is 24.5. The van der Waals surface area contributed by atoms with Crippen molar-refractivity contribution in [1.82, 2.24) is 14.9 Å². The summed E-state index contributed by atoms with van der Waals surface area (Å²) in [6, 6.07) is 5.39. The first-order valence-corrected chi connectivity index (χ1v) is 11.8. The van der Waals surface area contributed by atoms with Crippen molar-refractivity contribution in [2.75, 3.05) is 6.54 Å². The van der Waals surface area contributed by atoms with Gasteiger partial charge in [-0.1, -0.05) is 24.4 Å². The van der Waals surface area contributed by atoms with Crippen LogP contribution in [0.5, 0.6) is 0 Å². The Morgan fingerprint density at radius 1 is 1.25 bits per heavy atom. The smallest absolute Gasteiger partial charge is 0.374 e. The van der Waals surface area contributed by atoms with Gasteiger partial charge in [0.25, 0.3) is 0 Å². The maximum atomic E-state index is 13.7. The van der Waals surface area contributed by atoms with Gasteiger partial charge in [-0.3, -0.25) is 4.79 Å². The molecule has 176 valence electrons. The SMILES string of the molecule is Cn1ccnc1C(O)(CCNC(=O)C1(S(=O)(=O)c2ccc(Cl)cc2)CCCC1)C(F)(F)F. The highest BCUT2D eigenvalue weighted by atomic mass is 35.5. The number of halogens is 4. The van der Waals surface area contributed by atoms with Crippen LogP contribution in [0.25, 0.3) is 0 Å². The minimum Gasteiger partial charge on any atom is -0.374 e. The Balaban J connectivity index is 1.83. The molecule has 0 radical (unpaired) electrons. The van der Waals surface area contributed by atoms with Gasteiger partial charge in [0.15, 0.2) is 14.6 Å². The van der Waals surface area contributed by atoms with Crippen LogP contribution in [-0.2, 0) is 27.3 Å². The van der Waals surface area contributed by atoms with Gasteiger partial charge < -0.3 is 15.0 Å². The zero-order valence-electron chi connectivity index (χ0n) is 17.2. The molecule has 32 heavy (non-hydrogen) atoms. The molecule has 1 unspecified atom stereocenters. The van der Waals surface area contributed by atoms with Gasteiger partial charge in [0, 0.05) is 37.4 Å². The summed E-state index contributed by atoms with van der Waals surface area (Å²) in [5.41, 5.74) is -3.31. The highest BCUT2D eigenvalue weighted by molar-refractivity contribution is 7.93. The monoisotopic (exact) mass is 493 g/mol. The van der Waals surface area contributed by atoms with E-state index in [1.807, 2.05) is 0 Å². The van der Waals surface area contributed by atoms with Crippen molar-refractivity contribution in [3.63, 3.8) is 0 Å². The van der Waals surface area contributed by atoms with Crippen molar-refractivity contribution >= 4 is 27.3 Å². The van der Waals surface area contributed by atoms with E-state index in [9.17, 15) is 31.5 Å². The minimum atomic E-state index is -5.06. The lowest BCUT2D eigenvalue weighted by atomic mass is 9.97. The molecule has 1 aliphatic carbocycles. The highest BCUT2D eigenvalue weighted by Crippen LogP contribution is 2.42. The Labute approximate surface area is 188 Å². The lowest BCUT2D eigenvalue weighted by Gasteiger charge is -2.31. The van der Waals surface area contributed by atoms with Crippen LogP contribution in [0.1, 0.15) is 37.9 Å². The molecular formula is C20H23ClF3N3O4S. The van der Waals surface area contributed by atoms with E-state index < -0.39 is 51.1 Å². The molecule has 12 heteroatoms. The molecule has 1 atom stereocenters. The van der Waals surface area contributed by atoms with E-state index >= 15 is 0 Å².